The number of nitrogens with zero attached hydrogens (tertiary/aromatic N) is 1. The molecule has 2 rings (SSSR count). The van der Waals surface area contributed by atoms with Crippen molar-refractivity contribution in [2.75, 3.05) is 17.2 Å². The molecule has 0 aromatic heterocycles. The molecule has 0 saturated carbocycles. The quantitative estimate of drug-likeness (QED) is 0.787. The lowest BCUT2D eigenvalue weighted by Crippen LogP contribution is -2.34. The number of benzene rings is 1. The van der Waals surface area contributed by atoms with E-state index in [1.54, 1.807) is 0 Å². The molecule has 0 radical (unpaired) electrons. The maximum Gasteiger partial charge on any atom is 0.0605 e. The van der Waals surface area contributed by atoms with E-state index in [1.807, 2.05) is 6.07 Å². The van der Waals surface area contributed by atoms with Crippen molar-refractivity contribution in [2.24, 2.45) is 0 Å². The summed E-state index contributed by atoms with van der Waals surface area (Å²) in [6, 6.07) is 7.05. The Morgan fingerprint density at radius 1 is 1.29 bits per heavy atom. The molecule has 0 bridgehead atoms. The van der Waals surface area contributed by atoms with Crippen LogP contribution in [0.4, 0.5) is 11.4 Å². The third-order valence-corrected chi connectivity index (χ3v) is 3.84. The fraction of sp³-hybridized carbons (Fsp3) is 0.600. The van der Waals surface area contributed by atoms with E-state index in [-0.39, 0.29) is 0 Å². The zero-order chi connectivity index (χ0) is 12.3. The van der Waals surface area contributed by atoms with Crippen molar-refractivity contribution in [1.29, 1.82) is 0 Å². The zero-order valence-corrected chi connectivity index (χ0v) is 11.1. The summed E-state index contributed by atoms with van der Waals surface area (Å²) in [5.74, 6) is 0. The highest BCUT2D eigenvalue weighted by molar-refractivity contribution is 5.69. The first kappa shape index (κ1) is 12.3. The summed E-state index contributed by atoms with van der Waals surface area (Å²) in [4.78, 5) is 2.54. The van der Waals surface area contributed by atoms with E-state index in [1.165, 1.54) is 43.4 Å². The number of rotatable bonds is 2. The number of hydrogen-bond acceptors (Lipinski definition) is 2. The second-order valence-corrected chi connectivity index (χ2v) is 5.17. The summed E-state index contributed by atoms with van der Waals surface area (Å²) >= 11 is 0. The minimum absolute atomic E-state index is 0.668. The van der Waals surface area contributed by atoms with Gasteiger partial charge < -0.3 is 10.6 Å². The molecule has 1 heterocycles. The fourth-order valence-corrected chi connectivity index (χ4v) is 2.82. The predicted octanol–water partition coefficient (Wildman–Crippen LogP) is 3.74. The first-order valence-electron chi connectivity index (χ1n) is 6.85. The molecule has 1 aromatic rings. The van der Waals surface area contributed by atoms with E-state index in [0.29, 0.717) is 6.04 Å². The molecule has 0 amide bonds. The van der Waals surface area contributed by atoms with Crippen molar-refractivity contribution in [3.8, 4) is 0 Å². The van der Waals surface area contributed by atoms with Gasteiger partial charge in [0.2, 0.25) is 0 Å². The van der Waals surface area contributed by atoms with Crippen molar-refractivity contribution in [1.82, 2.24) is 0 Å². The molecule has 1 saturated heterocycles. The minimum atomic E-state index is 0.668. The van der Waals surface area contributed by atoms with Crippen LogP contribution < -0.4 is 10.6 Å². The normalized spacial score (nSPS) is 21.3. The van der Waals surface area contributed by atoms with Gasteiger partial charge in [-0.15, -0.1) is 0 Å². The highest BCUT2D eigenvalue weighted by atomic mass is 15.2. The van der Waals surface area contributed by atoms with Gasteiger partial charge in [-0.2, -0.15) is 0 Å². The molecular weight excluding hydrogens is 208 g/mol. The second-order valence-electron chi connectivity index (χ2n) is 5.17. The van der Waals surface area contributed by atoms with E-state index in [0.717, 1.165) is 12.2 Å². The predicted molar refractivity (Wildman–Crippen MR) is 75.5 cm³/mol. The number of nitrogens with two attached hydrogens (primary N) is 1. The van der Waals surface area contributed by atoms with Crippen LogP contribution in [0.2, 0.25) is 0 Å². The lowest BCUT2D eigenvalue weighted by Gasteiger charge is -2.32. The third kappa shape index (κ3) is 2.74. The van der Waals surface area contributed by atoms with Gasteiger partial charge in [-0.05, 0) is 43.9 Å². The molecule has 17 heavy (non-hydrogen) atoms. The van der Waals surface area contributed by atoms with Gasteiger partial charge in [-0.25, -0.2) is 0 Å². The zero-order valence-electron chi connectivity index (χ0n) is 11.1. The van der Waals surface area contributed by atoms with Crippen molar-refractivity contribution >= 4 is 11.4 Å². The van der Waals surface area contributed by atoms with Crippen LogP contribution >= 0.6 is 0 Å². The summed E-state index contributed by atoms with van der Waals surface area (Å²) in [5.41, 5.74) is 9.62. The minimum Gasteiger partial charge on any atom is -0.397 e. The van der Waals surface area contributed by atoms with Gasteiger partial charge in [0, 0.05) is 12.6 Å². The van der Waals surface area contributed by atoms with Crippen LogP contribution in [0, 0.1) is 6.92 Å². The van der Waals surface area contributed by atoms with Gasteiger partial charge in [-0.1, -0.05) is 25.8 Å². The van der Waals surface area contributed by atoms with Crippen molar-refractivity contribution in [3.05, 3.63) is 23.8 Å². The summed E-state index contributed by atoms with van der Waals surface area (Å²) < 4.78 is 0. The molecule has 1 atom stereocenters. The van der Waals surface area contributed by atoms with E-state index in [4.69, 9.17) is 5.73 Å². The number of hydrogen-bond donors (Lipinski definition) is 1. The Labute approximate surface area is 105 Å². The third-order valence-electron chi connectivity index (χ3n) is 3.84. The van der Waals surface area contributed by atoms with Crippen LogP contribution in [0.25, 0.3) is 0 Å². The molecule has 0 aliphatic carbocycles. The summed E-state index contributed by atoms with van der Waals surface area (Å²) in [5, 5.41) is 0. The van der Waals surface area contributed by atoms with Crippen LogP contribution in [0.3, 0.4) is 0 Å². The first-order valence-corrected chi connectivity index (χ1v) is 6.85. The van der Waals surface area contributed by atoms with Crippen molar-refractivity contribution < 1.29 is 0 Å². The highest BCUT2D eigenvalue weighted by Crippen LogP contribution is 2.31. The molecule has 1 aliphatic rings. The lowest BCUT2D eigenvalue weighted by atomic mass is 10.1. The Hall–Kier alpha value is -1.18. The van der Waals surface area contributed by atoms with Crippen LogP contribution in [0.5, 0.6) is 0 Å². The molecule has 94 valence electrons. The van der Waals surface area contributed by atoms with E-state index in [2.05, 4.69) is 30.9 Å². The van der Waals surface area contributed by atoms with E-state index < -0.39 is 0 Å². The highest BCUT2D eigenvalue weighted by Gasteiger charge is 2.21. The summed E-state index contributed by atoms with van der Waals surface area (Å²) in [7, 11) is 0. The molecule has 2 nitrogen and oxygen atoms in total. The average molecular weight is 232 g/mol. The monoisotopic (exact) mass is 232 g/mol. The van der Waals surface area contributed by atoms with Gasteiger partial charge >= 0.3 is 0 Å². The Morgan fingerprint density at radius 2 is 2.12 bits per heavy atom. The van der Waals surface area contributed by atoms with Gasteiger partial charge in [0.25, 0.3) is 0 Å². The molecule has 1 aliphatic heterocycles. The van der Waals surface area contributed by atoms with Crippen molar-refractivity contribution in [3.63, 3.8) is 0 Å². The molecule has 1 aromatic carbocycles. The van der Waals surface area contributed by atoms with Crippen LogP contribution in [0.1, 0.15) is 44.6 Å². The van der Waals surface area contributed by atoms with E-state index in [9.17, 15) is 0 Å². The van der Waals surface area contributed by atoms with Gasteiger partial charge in [0.15, 0.2) is 0 Å². The molecule has 1 fully saturated rings. The number of aryl methyl sites for hydroxylation is 1. The Balaban J connectivity index is 2.31. The van der Waals surface area contributed by atoms with E-state index >= 15 is 0 Å². The SMILES string of the molecule is CCC1CCCCCN1c1cc(C)ccc1N. The second kappa shape index (κ2) is 5.44. The Morgan fingerprint density at radius 3 is 2.88 bits per heavy atom. The summed E-state index contributed by atoms with van der Waals surface area (Å²) in [6.45, 7) is 5.59. The topological polar surface area (TPSA) is 29.3 Å². The van der Waals surface area contributed by atoms with Gasteiger partial charge in [0.1, 0.15) is 0 Å². The smallest absolute Gasteiger partial charge is 0.0605 e. The molecule has 2 heteroatoms. The number of anilines is 2. The largest absolute Gasteiger partial charge is 0.397 e. The lowest BCUT2D eigenvalue weighted by molar-refractivity contribution is 0.556. The van der Waals surface area contributed by atoms with Gasteiger partial charge in [-0.3, -0.25) is 0 Å². The van der Waals surface area contributed by atoms with Gasteiger partial charge in [0.05, 0.1) is 11.4 Å². The average Bonchev–Trinajstić information content (AvgIpc) is 2.57. The summed E-state index contributed by atoms with van der Waals surface area (Å²) in [6.07, 6.45) is 6.54. The molecule has 1 unspecified atom stereocenters. The Bertz CT molecular complexity index is 373. The standard InChI is InChI=1S/C15H24N2/c1-3-13-7-5-4-6-10-17(13)15-11-12(2)8-9-14(15)16/h8-9,11,13H,3-7,10,16H2,1-2H3. The van der Waals surface area contributed by atoms with Crippen LogP contribution in [0.15, 0.2) is 18.2 Å². The Kier molecular flexibility index (Phi) is 3.93. The molecular formula is C15H24N2. The molecule has 0 spiro atoms. The molecule has 2 N–H and O–H groups in total. The van der Waals surface area contributed by atoms with Crippen LogP contribution in [-0.4, -0.2) is 12.6 Å². The maximum atomic E-state index is 6.15. The van der Waals surface area contributed by atoms with Crippen molar-refractivity contribution in [2.45, 2.75) is 52.0 Å². The van der Waals surface area contributed by atoms with Crippen LogP contribution in [-0.2, 0) is 0 Å². The first-order chi connectivity index (χ1) is 8.22. The fourth-order valence-electron chi connectivity index (χ4n) is 2.82. The maximum absolute atomic E-state index is 6.15. The number of nitrogen functional groups attached to an aromatic ring is 1.